The van der Waals surface area contributed by atoms with Crippen LogP contribution in [0, 0.1) is 0 Å². The van der Waals surface area contributed by atoms with Crippen LogP contribution in [-0.4, -0.2) is 45.6 Å². The number of phenols is 1. The lowest BCUT2D eigenvalue weighted by Gasteiger charge is -2.48. The predicted molar refractivity (Wildman–Crippen MR) is 128 cm³/mol. The summed E-state index contributed by atoms with van der Waals surface area (Å²) in [5, 5.41) is 9.77. The number of hydrogen-bond donors (Lipinski definition) is 1. The molecule has 2 amide bonds. The van der Waals surface area contributed by atoms with E-state index < -0.39 is 11.1 Å². The Labute approximate surface area is 199 Å². The number of rotatable bonds is 4. The fraction of sp³-hybridized carbons (Fsp3) is 0.286. The first-order valence-corrected chi connectivity index (χ1v) is 11.6. The summed E-state index contributed by atoms with van der Waals surface area (Å²) < 4.78 is 6.21. The molecule has 3 aromatic carbocycles. The summed E-state index contributed by atoms with van der Waals surface area (Å²) in [5.74, 6) is -0.0603. The Morgan fingerprint density at radius 3 is 2.24 bits per heavy atom. The molecule has 2 aliphatic rings. The molecule has 5 rings (SSSR count). The second-order valence-corrected chi connectivity index (χ2v) is 9.21. The highest BCUT2D eigenvalue weighted by Crippen LogP contribution is 2.52. The topological polar surface area (TPSA) is 70.1 Å². The molecule has 0 aromatic heterocycles. The van der Waals surface area contributed by atoms with Crippen LogP contribution in [0.3, 0.4) is 0 Å². The van der Waals surface area contributed by atoms with E-state index in [-0.39, 0.29) is 17.7 Å². The second-order valence-electron chi connectivity index (χ2n) is 9.21. The Morgan fingerprint density at radius 1 is 0.941 bits per heavy atom. The number of nitrogens with zero attached hydrogens (tertiary/aromatic N) is 2. The molecule has 1 atom stereocenters. The highest BCUT2D eigenvalue weighted by Gasteiger charge is 2.63. The van der Waals surface area contributed by atoms with E-state index in [9.17, 15) is 14.7 Å². The number of aromatic hydroxyl groups is 1. The fourth-order valence-corrected chi connectivity index (χ4v) is 5.40. The van der Waals surface area contributed by atoms with E-state index in [4.69, 9.17) is 4.74 Å². The molecule has 0 aliphatic carbocycles. The van der Waals surface area contributed by atoms with Gasteiger partial charge in [0.15, 0.2) is 0 Å². The fourth-order valence-electron chi connectivity index (χ4n) is 5.40. The number of likely N-dealkylation sites (tertiary alicyclic amines) is 1. The number of benzene rings is 3. The van der Waals surface area contributed by atoms with Crippen molar-refractivity contribution in [3.05, 3.63) is 102 Å². The summed E-state index contributed by atoms with van der Waals surface area (Å²) >= 11 is 0. The van der Waals surface area contributed by atoms with Crippen molar-refractivity contribution in [2.45, 2.75) is 37.5 Å². The molecule has 0 radical (unpaired) electrons. The van der Waals surface area contributed by atoms with Gasteiger partial charge in [-0.3, -0.25) is 9.69 Å². The normalized spacial score (nSPS) is 21.5. The van der Waals surface area contributed by atoms with Gasteiger partial charge in [-0.1, -0.05) is 66.7 Å². The molecule has 1 unspecified atom stereocenters. The third kappa shape index (κ3) is 3.59. The van der Waals surface area contributed by atoms with Crippen molar-refractivity contribution in [2.75, 3.05) is 13.1 Å². The molecule has 174 valence electrons. The number of ether oxygens (including phenoxy) is 1. The van der Waals surface area contributed by atoms with Crippen molar-refractivity contribution in [2.24, 2.45) is 0 Å². The van der Waals surface area contributed by atoms with Crippen LogP contribution >= 0.6 is 0 Å². The van der Waals surface area contributed by atoms with Crippen molar-refractivity contribution in [3.63, 3.8) is 0 Å². The van der Waals surface area contributed by atoms with E-state index in [0.717, 1.165) is 11.1 Å². The van der Waals surface area contributed by atoms with Gasteiger partial charge in [0.05, 0.1) is 6.54 Å². The minimum absolute atomic E-state index is 0.0669. The third-order valence-corrected chi connectivity index (χ3v) is 7.40. The van der Waals surface area contributed by atoms with Gasteiger partial charge in [0.2, 0.25) is 0 Å². The molecule has 3 aromatic rings. The van der Waals surface area contributed by atoms with Crippen LogP contribution < -0.4 is 0 Å². The Hall–Kier alpha value is -3.80. The molecule has 6 nitrogen and oxygen atoms in total. The van der Waals surface area contributed by atoms with E-state index >= 15 is 0 Å². The summed E-state index contributed by atoms with van der Waals surface area (Å²) in [6, 6.07) is 26.4. The van der Waals surface area contributed by atoms with Crippen LogP contribution in [0.2, 0.25) is 0 Å². The van der Waals surface area contributed by atoms with Gasteiger partial charge in [-0.2, -0.15) is 0 Å². The monoisotopic (exact) mass is 456 g/mol. The van der Waals surface area contributed by atoms with Gasteiger partial charge in [-0.15, -0.1) is 0 Å². The van der Waals surface area contributed by atoms with Crippen molar-refractivity contribution in [3.8, 4) is 5.75 Å². The first-order valence-electron chi connectivity index (χ1n) is 11.6. The molecular formula is C28H28N2O4. The summed E-state index contributed by atoms with van der Waals surface area (Å²) in [4.78, 5) is 30.0. The number of piperidine rings is 1. The Morgan fingerprint density at radius 2 is 1.59 bits per heavy atom. The molecule has 34 heavy (non-hydrogen) atoms. The average Bonchev–Trinajstić information content (AvgIpc) is 3.07. The highest BCUT2D eigenvalue weighted by molar-refractivity contribution is 5.94. The molecule has 6 heteroatoms. The Balaban J connectivity index is 1.46. The van der Waals surface area contributed by atoms with E-state index in [1.807, 2.05) is 65.6 Å². The van der Waals surface area contributed by atoms with Crippen LogP contribution in [0.15, 0.2) is 84.9 Å². The largest absolute Gasteiger partial charge is 0.508 e. The quantitative estimate of drug-likeness (QED) is 0.604. The predicted octanol–water partition coefficient (Wildman–Crippen LogP) is 4.93. The maximum Gasteiger partial charge on any atom is 0.411 e. The zero-order valence-corrected chi connectivity index (χ0v) is 19.2. The Kier molecular flexibility index (Phi) is 5.52. The zero-order chi connectivity index (χ0) is 23.8. The SMILES string of the molecule is CC1(c2ccccc2)N(Cc2ccccc2)C(=O)OC12CCN(C(=O)c1cccc(O)c1)CC2. The minimum Gasteiger partial charge on any atom is -0.508 e. The van der Waals surface area contributed by atoms with Gasteiger partial charge in [-0.05, 0) is 36.2 Å². The number of carbonyl (C=O) groups excluding carboxylic acids is 2. The van der Waals surface area contributed by atoms with Crippen molar-refractivity contribution < 1.29 is 19.4 Å². The summed E-state index contributed by atoms with van der Waals surface area (Å²) in [5.41, 5.74) is 1.06. The van der Waals surface area contributed by atoms with Crippen molar-refractivity contribution in [1.29, 1.82) is 0 Å². The van der Waals surface area contributed by atoms with Gasteiger partial charge in [0, 0.05) is 31.5 Å². The van der Waals surface area contributed by atoms with Crippen molar-refractivity contribution in [1.82, 2.24) is 9.80 Å². The standard InChI is InChI=1S/C28H28N2O4/c1-27(23-12-6-3-7-13-23)28(34-26(33)30(27)20-21-9-4-2-5-10-21)15-17-29(18-16-28)25(32)22-11-8-14-24(31)19-22/h2-14,19,31H,15-18,20H2,1H3. The van der Waals surface area contributed by atoms with E-state index in [0.29, 0.717) is 38.0 Å². The van der Waals surface area contributed by atoms with Gasteiger partial charge < -0.3 is 14.7 Å². The van der Waals surface area contributed by atoms with Crippen LogP contribution in [0.5, 0.6) is 5.75 Å². The average molecular weight is 457 g/mol. The second kappa shape index (κ2) is 8.52. The zero-order valence-electron chi connectivity index (χ0n) is 19.2. The third-order valence-electron chi connectivity index (χ3n) is 7.40. The van der Waals surface area contributed by atoms with Crippen LogP contribution in [-0.2, 0) is 16.8 Å². The first kappa shape index (κ1) is 22.0. The van der Waals surface area contributed by atoms with Crippen molar-refractivity contribution >= 4 is 12.0 Å². The number of hydrogen-bond acceptors (Lipinski definition) is 4. The lowest BCUT2D eigenvalue weighted by molar-refractivity contribution is -0.0551. The molecule has 0 saturated carbocycles. The van der Waals surface area contributed by atoms with Gasteiger partial charge >= 0.3 is 6.09 Å². The molecule has 2 aliphatic heterocycles. The lowest BCUT2D eigenvalue weighted by atomic mass is 9.70. The van der Waals surface area contributed by atoms with Crippen LogP contribution in [0.1, 0.15) is 41.3 Å². The molecule has 1 N–H and O–H groups in total. The van der Waals surface area contributed by atoms with Crippen LogP contribution in [0.25, 0.3) is 0 Å². The van der Waals surface area contributed by atoms with E-state index in [1.165, 1.54) is 6.07 Å². The van der Waals surface area contributed by atoms with E-state index in [2.05, 4.69) is 6.92 Å². The number of phenolic OH excluding ortho intramolecular Hbond substituents is 1. The maximum atomic E-state index is 13.3. The van der Waals surface area contributed by atoms with Gasteiger partial charge in [0.1, 0.15) is 16.9 Å². The minimum atomic E-state index is -0.754. The molecule has 1 spiro atoms. The summed E-state index contributed by atoms with van der Waals surface area (Å²) in [6.07, 6.45) is 0.725. The molecular weight excluding hydrogens is 428 g/mol. The first-order chi connectivity index (χ1) is 16.4. The smallest absolute Gasteiger partial charge is 0.411 e. The number of carbonyl (C=O) groups is 2. The summed E-state index contributed by atoms with van der Waals surface area (Å²) in [7, 11) is 0. The lowest BCUT2D eigenvalue weighted by Crippen LogP contribution is -2.58. The van der Waals surface area contributed by atoms with Gasteiger partial charge in [0.25, 0.3) is 5.91 Å². The molecule has 2 saturated heterocycles. The highest BCUT2D eigenvalue weighted by atomic mass is 16.6. The Bertz CT molecular complexity index is 1190. The molecule has 0 bridgehead atoms. The molecule has 2 heterocycles. The maximum absolute atomic E-state index is 13.3. The molecule has 2 fully saturated rings. The van der Waals surface area contributed by atoms with E-state index in [1.54, 1.807) is 23.1 Å². The van der Waals surface area contributed by atoms with Crippen LogP contribution in [0.4, 0.5) is 4.79 Å². The summed E-state index contributed by atoms with van der Waals surface area (Å²) in [6.45, 7) is 3.45. The number of amides is 2. The van der Waals surface area contributed by atoms with Gasteiger partial charge in [-0.25, -0.2) is 4.79 Å².